The summed E-state index contributed by atoms with van der Waals surface area (Å²) < 4.78 is 5.23. The van der Waals surface area contributed by atoms with Gasteiger partial charge in [0.05, 0.1) is 6.20 Å². The fourth-order valence-electron chi connectivity index (χ4n) is 2.32. The molecular formula is C18H13NO3. The number of carboxylic acid groups (broad SMARTS) is 1. The van der Waals surface area contributed by atoms with Crippen LogP contribution in [-0.4, -0.2) is 16.1 Å². The second kappa shape index (κ2) is 6.10. The third-order valence-electron chi connectivity index (χ3n) is 3.23. The van der Waals surface area contributed by atoms with Crippen molar-refractivity contribution in [2.75, 3.05) is 0 Å². The van der Waals surface area contributed by atoms with Gasteiger partial charge in [0, 0.05) is 5.57 Å². The highest BCUT2D eigenvalue weighted by Crippen LogP contribution is 2.31. The molecule has 0 saturated carbocycles. The number of oxazole rings is 1. The minimum Gasteiger partial charge on any atom is -0.477 e. The van der Waals surface area contributed by atoms with Crippen LogP contribution in [0.1, 0.15) is 17.0 Å². The van der Waals surface area contributed by atoms with E-state index in [-0.39, 0.29) is 11.5 Å². The zero-order valence-electron chi connectivity index (χ0n) is 11.6. The molecule has 0 saturated heterocycles. The molecule has 0 aliphatic rings. The molecule has 22 heavy (non-hydrogen) atoms. The van der Waals surface area contributed by atoms with Crippen LogP contribution in [0.3, 0.4) is 0 Å². The first-order valence-corrected chi connectivity index (χ1v) is 6.75. The molecule has 0 amide bonds. The number of carboxylic acids is 1. The molecule has 0 spiro atoms. The van der Waals surface area contributed by atoms with Gasteiger partial charge in [-0.2, -0.15) is 0 Å². The lowest BCUT2D eigenvalue weighted by molar-refractivity contribution is -0.130. The van der Waals surface area contributed by atoms with E-state index in [2.05, 4.69) is 4.98 Å². The lowest BCUT2D eigenvalue weighted by atomic mass is 9.93. The van der Waals surface area contributed by atoms with Crippen molar-refractivity contribution in [1.29, 1.82) is 0 Å². The first kappa shape index (κ1) is 13.8. The zero-order chi connectivity index (χ0) is 15.4. The zero-order valence-corrected chi connectivity index (χ0v) is 11.6. The first-order valence-electron chi connectivity index (χ1n) is 6.75. The van der Waals surface area contributed by atoms with Crippen LogP contribution in [0, 0.1) is 0 Å². The van der Waals surface area contributed by atoms with Crippen molar-refractivity contribution in [2.24, 2.45) is 0 Å². The molecule has 1 aromatic heterocycles. The number of carbonyl (C=O) groups is 1. The Morgan fingerprint density at radius 1 is 0.909 bits per heavy atom. The van der Waals surface area contributed by atoms with Crippen molar-refractivity contribution in [3.63, 3.8) is 0 Å². The predicted molar refractivity (Wildman–Crippen MR) is 82.9 cm³/mol. The summed E-state index contributed by atoms with van der Waals surface area (Å²) in [6.07, 6.45) is 2.80. The smallest absolute Gasteiger partial charge is 0.341 e. The van der Waals surface area contributed by atoms with E-state index in [0.29, 0.717) is 5.57 Å². The Morgan fingerprint density at radius 2 is 1.45 bits per heavy atom. The normalized spacial score (nSPS) is 10.2. The van der Waals surface area contributed by atoms with Gasteiger partial charge in [0.1, 0.15) is 11.8 Å². The van der Waals surface area contributed by atoms with Crippen LogP contribution in [0.2, 0.25) is 0 Å². The molecule has 0 radical (unpaired) electrons. The minimum atomic E-state index is -1.08. The van der Waals surface area contributed by atoms with Crippen molar-refractivity contribution in [1.82, 2.24) is 4.98 Å². The van der Waals surface area contributed by atoms with Gasteiger partial charge < -0.3 is 9.52 Å². The second-order valence-electron chi connectivity index (χ2n) is 4.62. The highest BCUT2D eigenvalue weighted by atomic mass is 16.4. The van der Waals surface area contributed by atoms with Crippen LogP contribution in [0.4, 0.5) is 0 Å². The molecule has 1 heterocycles. The highest BCUT2D eigenvalue weighted by Gasteiger charge is 2.23. The number of aromatic nitrogens is 1. The van der Waals surface area contributed by atoms with E-state index in [0.717, 1.165) is 11.1 Å². The summed E-state index contributed by atoms with van der Waals surface area (Å²) in [6.45, 7) is 0. The Kier molecular flexibility index (Phi) is 3.83. The topological polar surface area (TPSA) is 63.3 Å². The lowest BCUT2D eigenvalue weighted by Crippen LogP contribution is -2.05. The molecule has 0 unspecified atom stereocenters. The van der Waals surface area contributed by atoms with Gasteiger partial charge in [0.2, 0.25) is 5.89 Å². The van der Waals surface area contributed by atoms with Gasteiger partial charge in [0.25, 0.3) is 0 Å². The van der Waals surface area contributed by atoms with E-state index < -0.39 is 5.97 Å². The fourth-order valence-corrected chi connectivity index (χ4v) is 2.32. The molecule has 4 nitrogen and oxygen atoms in total. The van der Waals surface area contributed by atoms with E-state index in [4.69, 9.17) is 4.42 Å². The Bertz CT molecular complexity index is 749. The van der Waals surface area contributed by atoms with E-state index in [9.17, 15) is 9.90 Å². The van der Waals surface area contributed by atoms with Gasteiger partial charge in [0.15, 0.2) is 0 Å². The van der Waals surface area contributed by atoms with Crippen LogP contribution >= 0.6 is 0 Å². The number of rotatable bonds is 4. The van der Waals surface area contributed by atoms with E-state index >= 15 is 0 Å². The Hall–Kier alpha value is -3.14. The molecular weight excluding hydrogens is 278 g/mol. The number of nitrogens with zero attached hydrogens (tertiary/aromatic N) is 1. The third kappa shape index (κ3) is 2.67. The van der Waals surface area contributed by atoms with Gasteiger partial charge in [-0.3, -0.25) is 0 Å². The lowest BCUT2D eigenvalue weighted by Gasteiger charge is -2.11. The van der Waals surface area contributed by atoms with Gasteiger partial charge in [-0.1, -0.05) is 60.7 Å². The summed E-state index contributed by atoms with van der Waals surface area (Å²) in [5.74, 6) is -0.986. The van der Waals surface area contributed by atoms with Gasteiger partial charge in [-0.25, -0.2) is 9.78 Å². The SMILES string of the molecule is O=C(O)C(=C(c1ccccc1)c1ccccc1)c1ncco1. The van der Waals surface area contributed by atoms with Crippen molar-refractivity contribution in [2.45, 2.75) is 0 Å². The molecule has 1 N–H and O–H groups in total. The molecule has 4 heteroatoms. The van der Waals surface area contributed by atoms with Crippen molar-refractivity contribution >= 4 is 17.1 Å². The summed E-state index contributed by atoms with van der Waals surface area (Å²) in [6, 6.07) is 18.7. The summed E-state index contributed by atoms with van der Waals surface area (Å²) in [7, 11) is 0. The maximum atomic E-state index is 11.8. The standard InChI is InChI=1S/C18H13NO3/c20-18(21)16(17-19-11-12-22-17)15(13-7-3-1-4-8-13)14-9-5-2-6-10-14/h1-12H,(H,20,21). The average Bonchev–Trinajstić information content (AvgIpc) is 3.07. The van der Waals surface area contributed by atoms with E-state index in [1.807, 2.05) is 60.7 Å². The molecule has 0 atom stereocenters. The molecule has 2 aromatic carbocycles. The number of hydrogen-bond acceptors (Lipinski definition) is 3. The summed E-state index contributed by atoms with van der Waals surface area (Å²) in [5.41, 5.74) is 2.21. The Labute approximate surface area is 127 Å². The van der Waals surface area contributed by atoms with Crippen LogP contribution in [0.25, 0.3) is 11.1 Å². The number of aliphatic carboxylic acids is 1. The molecule has 0 bridgehead atoms. The summed E-state index contributed by atoms with van der Waals surface area (Å²) in [5, 5.41) is 9.68. The maximum absolute atomic E-state index is 11.8. The molecule has 0 aliphatic heterocycles. The van der Waals surface area contributed by atoms with Crippen molar-refractivity contribution < 1.29 is 14.3 Å². The third-order valence-corrected chi connectivity index (χ3v) is 3.23. The summed E-state index contributed by atoms with van der Waals surface area (Å²) >= 11 is 0. The second-order valence-corrected chi connectivity index (χ2v) is 4.62. The Morgan fingerprint density at radius 3 is 1.86 bits per heavy atom. The first-order chi connectivity index (χ1) is 10.8. The van der Waals surface area contributed by atoms with Crippen LogP contribution in [0.5, 0.6) is 0 Å². The molecule has 3 aromatic rings. The molecule has 108 valence electrons. The van der Waals surface area contributed by atoms with Crippen LogP contribution in [-0.2, 0) is 4.79 Å². The van der Waals surface area contributed by atoms with Gasteiger partial charge >= 0.3 is 5.97 Å². The highest BCUT2D eigenvalue weighted by molar-refractivity contribution is 6.24. The fraction of sp³-hybridized carbons (Fsp3) is 0. The van der Waals surface area contributed by atoms with Crippen LogP contribution < -0.4 is 0 Å². The van der Waals surface area contributed by atoms with E-state index in [1.54, 1.807) is 0 Å². The quantitative estimate of drug-likeness (QED) is 0.744. The molecule has 0 aliphatic carbocycles. The minimum absolute atomic E-state index is 0.0439. The predicted octanol–water partition coefficient (Wildman–Crippen LogP) is 3.72. The number of hydrogen-bond donors (Lipinski definition) is 1. The summed E-state index contributed by atoms with van der Waals surface area (Å²) in [4.78, 5) is 15.8. The van der Waals surface area contributed by atoms with E-state index in [1.165, 1.54) is 12.5 Å². The van der Waals surface area contributed by atoms with Crippen LogP contribution in [0.15, 0.2) is 77.5 Å². The van der Waals surface area contributed by atoms with Crippen molar-refractivity contribution in [3.8, 4) is 0 Å². The molecule has 3 rings (SSSR count). The average molecular weight is 291 g/mol. The number of benzene rings is 2. The largest absolute Gasteiger partial charge is 0.477 e. The Balaban J connectivity index is 2.33. The van der Waals surface area contributed by atoms with Gasteiger partial charge in [-0.15, -0.1) is 0 Å². The monoisotopic (exact) mass is 291 g/mol. The van der Waals surface area contributed by atoms with Crippen molar-refractivity contribution in [3.05, 3.63) is 90.1 Å². The van der Waals surface area contributed by atoms with Gasteiger partial charge in [-0.05, 0) is 11.1 Å². The maximum Gasteiger partial charge on any atom is 0.341 e. The molecule has 0 fully saturated rings.